The SMILES string of the molecule is O=C(O)N1CC(=O)N2CCc3cc(Br)c(F)cc3[C@H]2C1. The van der Waals surface area contributed by atoms with Crippen molar-refractivity contribution in [3.05, 3.63) is 33.5 Å². The molecule has 0 saturated carbocycles. The quantitative estimate of drug-likeness (QED) is 0.784. The molecule has 2 aliphatic rings. The minimum Gasteiger partial charge on any atom is -0.465 e. The standard InChI is InChI=1S/C13H12BrFN2O3/c14-9-3-7-1-2-17-11(8(7)4-10(9)15)5-16(13(19)20)6-12(17)18/h3-4,11H,1-2,5-6H2,(H,19,20)/t11-/m1/s1. The maximum Gasteiger partial charge on any atom is 0.407 e. The van der Waals surface area contributed by atoms with Crippen LogP contribution in [0.5, 0.6) is 0 Å². The van der Waals surface area contributed by atoms with Gasteiger partial charge in [0.15, 0.2) is 0 Å². The average Bonchev–Trinajstić information content (AvgIpc) is 2.40. The van der Waals surface area contributed by atoms with Gasteiger partial charge in [-0.1, -0.05) is 0 Å². The van der Waals surface area contributed by atoms with Crippen molar-refractivity contribution in [2.45, 2.75) is 12.5 Å². The van der Waals surface area contributed by atoms with Crippen molar-refractivity contribution in [1.29, 1.82) is 0 Å². The Labute approximate surface area is 123 Å². The van der Waals surface area contributed by atoms with Crippen LogP contribution in [0.15, 0.2) is 16.6 Å². The van der Waals surface area contributed by atoms with Crippen molar-refractivity contribution in [1.82, 2.24) is 9.80 Å². The lowest BCUT2D eigenvalue weighted by Gasteiger charge is -2.43. The lowest BCUT2D eigenvalue weighted by molar-refractivity contribution is -0.139. The van der Waals surface area contributed by atoms with Gasteiger partial charge in [-0.05, 0) is 45.6 Å². The number of halogens is 2. The third-order valence-corrected chi connectivity index (χ3v) is 4.46. The van der Waals surface area contributed by atoms with E-state index in [9.17, 15) is 14.0 Å². The van der Waals surface area contributed by atoms with Crippen LogP contribution in [0.3, 0.4) is 0 Å². The number of carbonyl (C=O) groups is 2. The van der Waals surface area contributed by atoms with Crippen molar-refractivity contribution >= 4 is 27.9 Å². The monoisotopic (exact) mass is 342 g/mol. The first-order valence-electron chi connectivity index (χ1n) is 6.22. The Morgan fingerprint density at radius 2 is 2.20 bits per heavy atom. The number of hydrogen-bond acceptors (Lipinski definition) is 2. The van der Waals surface area contributed by atoms with Crippen molar-refractivity contribution < 1.29 is 19.1 Å². The van der Waals surface area contributed by atoms with E-state index in [-0.39, 0.29) is 19.0 Å². The fraction of sp³-hybridized carbons (Fsp3) is 0.385. The molecule has 0 radical (unpaired) electrons. The second kappa shape index (κ2) is 4.73. The van der Waals surface area contributed by atoms with E-state index < -0.39 is 18.0 Å². The summed E-state index contributed by atoms with van der Waals surface area (Å²) in [5.41, 5.74) is 1.66. The molecule has 106 valence electrons. The number of piperazine rings is 1. The van der Waals surface area contributed by atoms with Gasteiger partial charge in [0.05, 0.1) is 10.5 Å². The Balaban J connectivity index is 2.02. The van der Waals surface area contributed by atoms with Gasteiger partial charge in [-0.3, -0.25) is 9.69 Å². The molecule has 0 spiro atoms. The van der Waals surface area contributed by atoms with Crippen LogP contribution in [0.25, 0.3) is 0 Å². The first-order chi connectivity index (χ1) is 9.47. The molecule has 0 unspecified atom stereocenters. The third-order valence-electron chi connectivity index (χ3n) is 3.85. The van der Waals surface area contributed by atoms with Gasteiger partial charge in [0.2, 0.25) is 5.91 Å². The van der Waals surface area contributed by atoms with Crippen molar-refractivity contribution in [3.63, 3.8) is 0 Å². The van der Waals surface area contributed by atoms with Crippen molar-refractivity contribution in [2.75, 3.05) is 19.6 Å². The van der Waals surface area contributed by atoms with Crippen LogP contribution in [0.1, 0.15) is 17.2 Å². The molecule has 0 aromatic heterocycles. The molecule has 0 bridgehead atoms. The van der Waals surface area contributed by atoms with E-state index in [1.807, 2.05) is 0 Å². The number of carboxylic acid groups (broad SMARTS) is 1. The highest BCUT2D eigenvalue weighted by Crippen LogP contribution is 2.35. The van der Waals surface area contributed by atoms with Gasteiger partial charge in [-0.15, -0.1) is 0 Å². The van der Waals surface area contributed by atoms with Crippen molar-refractivity contribution in [2.24, 2.45) is 0 Å². The third kappa shape index (κ3) is 2.06. The van der Waals surface area contributed by atoms with Crippen LogP contribution < -0.4 is 0 Å². The van der Waals surface area contributed by atoms with Gasteiger partial charge in [0, 0.05) is 13.1 Å². The molecule has 2 heterocycles. The van der Waals surface area contributed by atoms with E-state index in [4.69, 9.17) is 5.11 Å². The van der Waals surface area contributed by atoms with E-state index in [2.05, 4.69) is 15.9 Å². The van der Waals surface area contributed by atoms with E-state index in [0.717, 1.165) is 10.5 Å². The van der Waals surface area contributed by atoms with E-state index in [1.54, 1.807) is 11.0 Å². The second-order valence-corrected chi connectivity index (χ2v) is 5.84. The van der Waals surface area contributed by atoms with Gasteiger partial charge >= 0.3 is 6.09 Å². The van der Waals surface area contributed by atoms with Crippen LogP contribution in [0, 0.1) is 5.82 Å². The zero-order valence-corrected chi connectivity index (χ0v) is 12.1. The molecule has 1 atom stereocenters. The molecule has 20 heavy (non-hydrogen) atoms. The number of benzene rings is 1. The van der Waals surface area contributed by atoms with Gasteiger partial charge in [-0.25, -0.2) is 9.18 Å². The molecule has 2 aliphatic heterocycles. The number of amides is 2. The largest absolute Gasteiger partial charge is 0.465 e. The lowest BCUT2D eigenvalue weighted by atomic mass is 9.90. The first kappa shape index (κ1) is 13.4. The maximum atomic E-state index is 13.7. The maximum absolute atomic E-state index is 13.7. The lowest BCUT2D eigenvalue weighted by Crippen LogP contribution is -2.55. The summed E-state index contributed by atoms with van der Waals surface area (Å²) in [5.74, 6) is -0.622. The van der Waals surface area contributed by atoms with Gasteiger partial charge in [0.25, 0.3) is 0 Å². The molecule has 2 amide bonds. The van der Waals surface area contributed by atoms with E-state index >= 15 is 0 Å². The Morgan fingerprint density at radius 3 is 2.90 bits per heavy atom. The fourth-order valence-electron chi connectivity index (χ4n) is 2.86. The summed E-state index contributed by atoms with van der Waals surface area (Å²) in [4.78, 5) is 25.8. The molecule has 1 saturated heterocycles. The minimum absolute atomic E-state index is 0.125. The van der Waals surface area contributed by atoms with Crippen LogP contribution in [-0.4, -0.2) is 46.5 Å². The Hall–Kier alpha value is -1.63. The molecule has 1 N–H and O–H groups in total. The number of fused-ring (bicyclic) bond motifs is 3. The van der Waals surface area contributed by atoms with Crippen LogP contribution in [-0.2, 0) is 11.2 Å². The normalized spacial score (nSPS) is 21.5. The number of rotatable bonds is 0. The smallest absolute Gasteiger partial charge is 0.407 e. The predicted octanol–water partition coefficient (Wildman–Crippen LogP) is 2.01. The minimum atomic E-state index is -1.12. The molecule has 1 aromatic carbocycles. The van der Waals surface area contributed by atoms with Crippen LogP contribution in [0.2, 0.25) is 0 Å². The van der Waals surface area contributed by atoms with E-state index in [0.29, 0.717) is 23.0 Å². The molecule has 5 nitrogen and oxygen atoms in total. The summed E-state index contributed by atoms with van der Waals surface area (Å²) in [5, 5.41) is 9.07. The average molecular weight is 343 g/mol. The summed E-state index contributed by atoms with van der Waals surface area (Å²) < 4.78 is 14.1. The Bertz CT molecular complexity index is 608. The molecule has 7 heteroatoms. The van der Waals surface area contributed by atoms with E-state index in [1.165, 1.54) is 6.07 Å². The Morgan fingerprint density at radius 1 is 1.45 bits per heavy atom. The molecular formula is C13H12BrFN2O3. The topological polar surface area (TPSA) is 60.9 Å². The zero-order chi connectivity index (χ0) is 14.4. The van der Waals surface area contributed by atoms with Crippen LogP contribution in [0.4, 0.5) is 9.18 Å². The molecule has 1 aromatic rings. The van der Waals surface area contributed by atoms with Crippen LogP contribution >= 0.6 is 15.9 Å². The summed E-state index contributed by atoms with van der Waals surface area (Å²) in [6.45, 7) is 0.608. The summed E-state index contributed by atoms with van der Waals surface area (Å²) in [6.07, 6.45) is -0.466. The molecule has 0 aliphatic carbocycles. The molecular weight excluding hydrogens is 331 g/mol. The summed E-state index contributed by atoms with van der Waals surface area (Å²) >= 11 is 3.15. The first-order valence-corrected chi connectivity index (χ1v) is 7.02. The zero-order valence-electron chi connectivity index (χ0n) is 10.5. The Kier molecular flexibility index (Phi) is 3.16. The molecule has 3 rings (SSSR count). The summed E-state index contributed by atoms with van der Waals surface area (Å²) in [6, 6.07) is 2.72. The highest BCUT2D eigenvalue weighted by atomic mass is 79.9. The van der Waals surface area contributed by atoms with Gasteiger partial charge < -0.3 is 10.0 Å². The number of hydrogen-bond donors (Lipinski definition) is 1. The number of nitrogens with zero attached hydrogens (tertiary/aromatic N) is 2. The highest BCUT2D eigenvalue weighted by molar-refractivity contribution is 9.10. The number of carbonyl (C=O) groups excluding carboxylic acids is 1. The van der Waals surface area contributed by atoms with Crippen molar-refractivity contribution in [3.8, 4) is 0 Å². The van der Waals surface area contributed by atoms with Gasteiger partial charge in [0.1, 0.15) is 12.4 Å². The summed E-state index contributed by atoms with van der Waals surface area (Å²) in [7, 11) is 0. The predicted molar refractivity (Wildman–Crippen MR) is 71.9 cm³/mol. The van der Waals surface area contributed by atoms with Gasteiger partial charge in [-0.2, -0.15) is 0 Å². The highest BCUT2D eigenvalue weighted by Gasteiger charge is 2.38. The molecule has 1 fully saturated rings. The second-order valence-electron chi connectivity index (χ2n) is 4.98. The fourth-order valence-corrected chi connectivity index (χ4v) is 3.25.